The van der Waals surface area contributed by atoms with Crippen molar-refractivity contribution >= 4 is 17.5 Å². The highest BCUT2D eigenvalue weighted by atomic mass is 16.6. The molecule has 0 aromatic heterocycles. The van der Waals surface area contributed by atoms with Crippen LogP contribution in [0.2, 0.25) is 0 Å². The molecule has 254 valence electrons. The molecule has 0 spiro atoms. The maximum absolute atomic E-state index is 13.5. The molecule has 2 fully saturated rings. The Hall–Kier alpha value is -4.26. The number of carbonyl (C=O) groups excluding carboxylic acids is 2. The van der Waals surface area contributed by atoms with Crippen LogP contribution in [-0.2, 0) is 29.2 Å². The molecule has 3 N–H and O–H groups in total. The molecule has 3 aromatic carbocycles. The Kier molecular flexibility index (Phi) is 9.60. The number of fused-ring (bicyclic) bond motifs is 5. The number of ether oxygens (including phenoxy) is 5. The number of carbonyl (C=O) groups is 2. The van der Waals surface area contributed by atoms with Crippen molar-refractivity contribution in [2.45, 2.75) is 43.2 Å². The highest BCUT2D eigenvalue weighted by Gasteiger charge is 2.68. The molecule has 11 nitrogen and oxygen atoms in total. The summed E-state index contributed by atoms with van der Waals surface area (Å²) in [5, 5.41) is 30.0. The van der Waals surface area contributed by atoms with Gasteiger partial charge in [-0.1, -0.05) is 50.3 Å². The van der Waals surface area contributed by atoms with Crippen LogP contribution in [0.15, 0.2) is 84.9 Å². The van der Waals surface area contributed by atoms with Crippen LogP contribution in [0.25, 0.3) is 0 Å². The minimum atomic E-state index is -1.10. The van der Waals surface area contributed by atoms with Gasteiger partial charge in [-0.3, -0.25) is 9.59 Å². The van der Waals surface area contributed by atoms with Gasteiger partial charge in [-0.25, -0.2) is 4.90 Å². The number of phenols is 1. The van der Waals surface area contributed by atoms with Gasteiger partial charge >= 0.3 is 0 Å². The zero-order valence-electron chi connectivity index (χ0n) is 27.2. The fraction of sp³-hybridized carbons (Fsp3) is 0.405. The van der Waals surface area contributed by atoms with E-state index < -0.39 is 35.7 Å². The van der Waals surface area contributed by atoms with Crippen LogP contribution in [0, 0.1) is 11.8 Å². The Labute approximate surface area is 279 Å². The number of aliphatic hydroxyl groups excluding tert-OH is 2. The first kappa shape index (κ1) is 33.6. The molecule has 6 atom stereocenters. The van der Waals surface area contributed by atoms with Gasteiger partial charge in [0.2, 0.25) is 11.8 Å². The fourth-order valence-electron chi connectivity index (χ4n) is 6.65. The van der Waals surface area contributed by atoms with Crippen molar-refractivity contribution in [1.82, 2.24) is 0 Å². The third-order valence-electron chi connectivity index (χ3n) is 9.30. The van der Waals surface area contributed by atoms with Crippen LogP contribution in [0.4, 0.5) is 5.69 Å². The Morgan fingerprint density at radius 3 is 1.94 bits per heavy atom. The lowest BCUT2D eigenvalue weighted by molar-refractivity contribution is -0.130. The van der Waals surface area contributed by atoms with Crippen LogP contribution >= 0.6 is 0 Å². The molecule has 3 aromatic rings. The predicted octanol–water partition coefficient (Wildman–Crippen LogP) is 3.37. The Morgan fingerprint density at radius 2 is 1.38 bits per heavy atom. The summed E-state index contributed by atoms with van der Waals surface area (Å²) in [6.45, 7) is 4.54. The molecule has 3 aliphatic rings. The monoisotopic (exact) mass is 659 g/mol. The summed E-state index contributed by atoms with van der Waals surface area (Å²) in [6, 6.07) is 21.4. The van der Waals surface area contributed by atoms with Gasteiger partial charge in [0.25, 0.3) is 0 Å². The maximum atomic E-state index is 13.5. The van der Waals surface area contributed by atoms with E-state index in [1.54, 1.807) is 12.2 Å². The zero-order chi connectivity index (χ0) is 34.1. The third kappa shape index (κ3) is 6.56. The maximum Gasteiger partial charge on any atom is 0.241 e. The summed E-state index contributed by atoms with van der Waals surface area (Å²) in [5.74, 6) is -0.803. The lowest BCUT2D eigenvalue weighted by atomic mass is 9.77. The Morgan fingerprint density at radius 1 is 0.812 bits per heavy atom. The summed E-state index contributed by atoms with van der Waals surface area (Å²) < 4.78 is 28.4. The van der Waals surface area contributed by atoms with E-state index in [9.17, 15) is 24.9 Å². The van der Waals surface area contributed by atoms with Crippen molar-refractivity contribution in [2.24, 2.45) is 11.8 Å². The molecule has 0 saturated carbocycles. The van der Waals surface area contributed by atoms with Gasteiger partial charge in [0.1, 0.15) is 48.3 Å². The van der Waals surface area contributed by atoms with Gasteiger partial charge in [-0.2, -0.15) is 0 Å². The number of anilines is 1. The highest BCUT2D eigenvalue weighted by molar-refractivity contribution is 6.23. The van der Waals surface area contributed by atoms with Gasteiger partial charge in [0.05, 0.1) is 43.4 Å². The van der Waals surface area contributed by atoms with Crippen LogP contribution in [0.3, 0.4) is 0 Å². The molecule has 2 saturated heterocycles. The van der Waals surface area contributed by atoms with Crippen molar-refractivity contribution in [2.75, 3.05) is 45.0 Å². The first-order chi connectivity index (χ1) is 23.0. The van der Waals surface area contributed by atoms with Crippen molar-refractivity contribution < 1.29 is 48.6 Å². The summed E-state index contributed by atoms with van der Waals surface area (Å²) in [4.78, 5) is 27.9. The summed E-state index contributed by atoms with van der Waals surface area (Å²) in [7, 11) is 1.53. The summed E-state index contributed by atoms with van der Waals surface area (Å²) >= 11 is 0. The number of nitrogens with zero attached hydrogens (tertiary/aromatic N) is 1. The topological polar surface area (TPSA) is 144 Å². The van der Waals surface area contributed by atoms with Crippen molar-refractivity contribution in [1.29, 1.82) is 0 Å². The number of benzene rings is 3. The minimum Gasteiger partial charge on any atom is -0.508 e. The van der Waals surface area contributed by atoms with Gasteiger partial charge in [0, 0.05) is 12.5 Å². The average molecular weight is 660 g/mol. The van der Waals surface area contributed by atoms with E-state index in [-0.39, 0.29) is 56.0 Å². The van der Waals surface area contributed by atoms with E-state index in [2.05, 4.69) is 13.8 Å². The normalized spacial score (nSPS) is 24.2. The van der Waals surface area contributed by atoms with E-state index >= 15 is 0 Å². The Bertz CT molecular complexity index is 1620. The largest absolute Gasteiger partial charge is 0.508 e. The van der Waals surface area contributed by atoms with Gasteiger partial charge in [0.15, 0.2) is 0 Å². The second kappa shape index (κ2) is 13.7. The molecule has 48 heavy (non-hydrogen) atoms. The van der Waals surface area contributed by atoms with E-state index in [4.69, 9.17) is 23.7 Å². The molecule has 0 aliphatic carbocycles. The highest BCUT2D eigenvalue weighted by Crippen LogP contribution is 2.52. The molecule has 2 bridgehead atoms. The number of rotatable bonds is 15. The molecule has 6 unspecified atom stereocenters. The van der Waals surface area contributed by atoms with Crippen LogP contribution in [0.5, 0.6) is 17.2 Å². The SMILES string of the molecule is COCC(O)COc1ccc(C(C)(C)c2ccc(OCC(O)COCC34C=CC(O3)C3C(=O)N(c5ccc(O)cc5)C(=O)C34)cc2)cc1. The molecular formula is C37H41NO10. The molecule has 6 rings (SSSR count). The second-order valence-electron chi connectivity index (χ2n) is 13.0. The quantitative estimate of drug-likeness (QED) is 0.164. The molecule has 2 amide bonds. The first-order valence-electron chi connectivity index (χ1n) is 16.0. The number of hydrogen-bond acceptors (Lipinski definition) is 10. The van der Waals surface area contributed by atoms with Crippen molar-refractivity contribution in [3.63, 3.8) is 0 Å². The van der Waals surface area contributed by atoms with Crippen LogP contribution in [0.1, 0.15) is 25.0 Å². The second-order valence-corrected chi connectivity index (χ2v) is 13.0. The van der Waals surface area contributed by atoms with Crippen LogP contribution in [-0.4, -0.2) is 91.2 Å². The van der Waals surface area contributed by atoms with E-state index in [1.165, 1.54) is 31.4 Å². The summed E-state index contributed by atoms with van der Waals surface area (Å²) in [6.07, 6.45) is 1.42. The molecular weight excluding hydrogens is 618 g/mol. The first-order valence-corrected chi connectivity index (χ1v) is 16.0. The number of imide groups is 1. The van der Waals surface area contributed by atoms with E-state index in [0.717, 1.165) is 16.0 Å². The average Bonchev–Trinajstić information content (AvgIpc) is 3.73. The lowest BCUT2D eigenvalue weighted by Gasteiger charge is -2.29. The zero-order valence-corrected chi connectivity index (χ0v) is 27.2. The van der Waals surface area contributed by atoms with E-state index in [0.29, 0.717) is 17.2 Å². The standard InChI is InChI=1S/C37H41NO10/c1-36(2,23-4-12-29(13-5-23)46-20-27(40)18-44-3)24-6-14-30(15-7-24)47-21-28(41)19-45-22-37-17-16-31(48-37)32-33(37)35(43)38(34(32)42)25-8-10-26(39)11-9-25/h4-17,27-28,31-33,39-41H,18-22H2,1-3H3. The number of phenolic OH excluding ortho intramolecular Hbond substituents is 1. The minimum absolute atomic E-state index is 0.00625. The van der Waals surface area contributed by atoms with Crippen LogP contribution < -0.4 is 14.4 Å². The fourth-order valence-corrected chi connectivity index (χ4v) is 6.65. The predicted molar refractivity (Wildman–Crippen MR) is 175 cm³/mol. The molecule has 3 heterocycles. The summed E-state index contributed by atoms with van der Waals surface area (Å²) in [5.41, 5.74) is 1.15. The van der Waals surface area contributed by atoms with Gasteiger partial charge in [-0.15, -0.1) is 0 Å². The molecule has 11 heteroatoms. The number of aromatic hydroxyl groups is 1. The Balaban J connectivity index is 0.987. The van der Waals surface area contributed by atoms with Gasteiger partial charge < -0.3 is 39.0 Å². The van der Waals surface area contributed by atoms with Crippen molar-refractivity contribution in [3.8, 4) is 17.2 Å². The number of hydrogen-bond donors (Lipinski definition) is 3. The smallest absolute Gasteiger partial charge is 0.241 e. The number of methoxy groups -OCH3 is 1. The number of aliphatic hydroxyl groups is 2. The van der Waals surface area contributed by atoms with Crippen molar-refractivity contribution in [3.05, 3.63) is 96.1 Å². The molecule has 0 radical (unpaired) electrons. The van der Waals surface area contributed by atoms with Gasteiger partial charge in [-0.05, 0) is 59.7 Å². The molecule has 3 aliphatic heterocycles. The third-order valence-corrected chi connectivity index (χ3v) is 9.30. The van der Waals surface area contributed by atoms with E-state index in [1.807, 2.05) is 48.5 Å². The number of amides is 2. The lowest BCUT2D eigenvalue weighted by Crippen LogP contribution is -2.44.